The summed E-state index contributed by atoms with van der Waals surface area (Å²) in [4.78, 5) is 4.70. The summed E-state index contributed by atoms with van der Waals surface area (Å²) in [5.74, 6) is 2.45. The molecule has 1 N–H and O–H groups in total. The first-order valence-corrected chi connectivity index (χ1v) is 7.94. The number of nitrogens with one attached hydrogen (secondary N) is 1. The second-order valence-electron chi connectivity index (χ2n) is 5.95. The summed E-state index contributed by atoms with van der Waals surface area (Å²) in [6, 6.07) is 6.75. The fourth-order valence-corrected chi connectivity index (χ4v) is 3.62. The van der Waals surface area contributed by atoms with E-state index in [1.807, 2.05) is 13.1 Å². The Hall–Kier alpha value is -1.61. The number of nitrogens with zero attached hydrogens (tertiary/aromatic N) is 1. The van der Waals surface area contributed by atoms with Crippen molar-refractivity contribution in [1.29, 1.82) is 0 Å². The number of furan rings is 1. The minimum absolute atomic E-state index is 0.293. The molecule has 0 aromatic carbocycles. The topological polar surface area (TPSA) is 38.1 Å². The Kier molecular flexibility index (Phi) is 4.11. The molecule has 0 saturated carbocycles. The second kappa shape index (κ2) is 6.02. The summed E-state index contributed by atoms with van der Waals surface area (Å²) in [6.45, 7) is 7.20. The van der Waals surface area contributed by atoms with Crippen LogP contribution < -0.4 is 5.32 Å². The Morgan fingerprint density at radius 1 is 1.43 bits per heavy atom. The van der Waals surface area contributed by atoms with Crippen LogP contribution in [0.5, 0.6) is 0 Å². The van der Waals surface area contributed by atoms with Gasteiger partial charge in [0.15, 0.2) is 0 Å². The lowest BCUT2D eigenvalue weighted by Crippen LogP contribution is -2.30. The Morgan fingerprint density at radius 3 is 3.00 bits per heavy atom. The van der Waals surface area contributed by atoms with Gasteiger partial charge in [-0.25, -0.2) is 0 Å². The summed E-state index contributed by atoms with van der Waals surface area (Å²) >= 11 is 0. The molecule has 0 aliphatic heterocycles. The van der Waals surface area contributed by atoms with E-state index >= 15 is 0 Å². The van der Waals surface area contributed by atoms with E-state index in [9.17, 15) is 0 Å². The lowest BCUT2D eigenvalue weighted by Gasteiger charge is -2.32. The molecule has 1 aliphatic rings. The number of rotatable bonds is 4. The monoisotopic (exact) mass is 284 g/mol. The van der Waals surface area contributed by atoms with E-state index in [0.29, 0.717) is 12.0 Å². The van der Waals surface area contributed by atoms with Crippen LogP contribution in [-0.4, -0.2) is 11.5 Å². The first kappa shape index (κ1) is 14.3. The highest BCUT2D eigenvalue weighted by Gasteiger charge is 2.31. The third-order valence-corrected chi connectivity index (χ3v) is 4.48. The predicted molar refractivity (Wildman–Crippen MR) is 84.5 cm³/mol. The number of fused-ring (bicyclic) bond motifs is 1. The predicted octanol–water partition coefficient (Wildman–Crippen LogP) is 4.06. The molecule has 2 unspecified atom stereocenters. The summed E-state index contributed by atoms with van der Waals surface area (Å²) < 4.78 is 5.76. The standard InChI is InChI=1S/C18H24N2O/c1-4-19-18(16-11-12(2)21-13(16)3)15-9-5-7-14-8-6-10-20-17(14)15/h6,8,10-11,15,18-19H,4-5,7,9H2,1-3H3. The SMILES string of the molecule is CCNC(c1cc(C)oc1C)C1CCCc2cccnc21. The Bertz CT molecular complexity index is 617. The van der Waals surface area contributed by atoms with E-state index in [1.165, 1.54) is 29.7 Å². The van der Waals surface area contributed by atoms with Crippen LogP contribution in [0.15, 0.2) is 28.8 Å². The van der Waals surface area contributed by atoms with E-state index in [0.717, 1.165) is 24.5 Å². The van der Waals surface area contributed by atoms with Crippen molar-refractivity contribution in [1.82, 2.24) is 10.3 Å². The van der Waals surface area contributed by atoms with Crippen LogP contribution in [0.2, 0.25) is 0 Å². The molecule has 2 atom stereocenters. The van der Waals surface area contributed by atoms with Crippen molar-refractivity contribution in [3.05, 3.63) is 52.7 Å². The quantitative estimate of drug-likeness (QED) is 0.920. The van der Waals surface area contributed by atoms with Crippen LogP contribution in [0.4, 0.5) is 0 Å². The lowest BCUT2D eigenvalue weighted by molar-refractivity contribution is 0.393. The molecule has 0 bridgehead atoms. The van der Waals surface area contributed by atoms with Crippen molar-refractivity contribution >= 4 is 0 Å². The summed E-state index contributed by atoms with van der Waals surface area (Å²) in [5, 5.41) is 3.66. The molecule has 0 spiro atoms. The van der Waals surface area contributed by atoms with Gasteiger partial charge in [0.05, 0.1) is 0 Å². The molecule has 2 aromatic rings. The average molecular weight is 284 g/mol. The van der Waals surface area contributed by atoms with E-state index in [1.54, 1.807) is 0 Å². The van der Waals surface area contributed by atoms with Crippen molar-refractivity contribution < 1.29 is 4.42 Å². The van der Waals surface area contributed by atoms with Gasteiger partial charge < -0.3 is 9.73 Å². The van der Waals surface area contributed by atoms with Gasteiger partial charge in [-0.3, -0.25) is 4.98 Å². The maximum atomic E-state index is 5.76. The Balaban J connectivity index is 2.01. The normalized spacial score (nSPS) is 19.3. The van der Waals surface area contributed by atoms with Crippen molar-refractivity contribution in [3.8, 4) is 0 Å². The average Bonchev–Trinajstić information content (AvgIpc) is 2.83. The van der Waals surface area contributed by atoms with Gasteiger partial charge in [-0.1, -0.05) is 13.0 Å². The molecule has 3 heteroatoms. The highest BCUT2D eigenvalue weighted by Crippen LogP contribution is 2.40. The van der Waals surface area contributed by atoms with E-state index in [2.05, 4.69) is 37.4 Å². The summed E-state index contributed by atoms with van der Waals surface area (Å²) in [5.41, 5.74) is 3.97. The fourth-order valence-electron chi connectivity index (χ4n) is 3.62. The van der Waals surface area contributed by atoms with Gasteiger partial charge in [0.2, 0.25) is 0 Å². The molecule has 0 amide bonds. The number of pyridine rings is 1. The van der Waals surface area contributed by atoms with E-state index in [4.69, 9.17) is 9.40 Å². The molecule has 3 nitrogen and oxygen atoms in total. The van der Waals surface area contributed by atoms with Crippen LogP contribution in [0.25, 0.3) is 0 Å². The maximum absolute atomic E-state index is 5.76. The van der Waals surface area contributed by atoms with Gasteiger partial charge >= 0.3 is 0 Å². The van der Waals surface area contributed by atoms with Gasteiger partial charge in [-0.15, -0.1) is 0 Å². The number of hydrogen-bond donors (Lipinski definition) is 1. The van der Waals surface area contributed by atoms with E-state index in [-0.39, 0.29) is 0 Å². The Morgan fingerprint density at radius 2 is 2.29 bits per heavy atom. The van der Waals surface area contributed by atoms with Crippen LogP contribution in [0, 0.1) is 13.8 Å². The number of aryl methyl sites for hydroxylation is 3. The van der Waals surface area contributed by atoms with Crippen molar-refractivity contribution in [3.63, 3.8) is 0 Å². The first-order valence-electron chi connectivity index (χ1n) is 7.94. The zero-order valence-corrected chi connectivity index (χ0v) is 13.1. The van der Waals surface area contributed by atoms with Crippen molar-refractivity contribution in [2.24, 2.45) is 0 Å². The van der Waals surface area contributed by atoms with Crippen molar-refractivity contribution in [2.45, 2.75) is 52.0 Å². The van der Waals surface area contributed by atoms with Gasteiger partial charge in [-0.05, 0) is 57.4 Å². The fraction of sp³-hybridized carbons (Fsp3) is 0.500. The zero-order valence-electron chi connectivity index (χ0n) is 13.1. The molecular formula is C18H24N2O. The molecule has 2 heterocycles. The maximum Gasteiger partial charge on any atom is 0.105 e. The molecule has 3 rings (SSSR count). The highest BCUT2D eigenvalue weighted by molar-refractivity contribution is 5.33. The van der Waals surface area contributed by atoms with Crippen LogP contribution in [0.1, 0.15) is 60.1 Å². The highest BCUT2D eigenvalue weighted by atomic mass is 16.3. The van der Waals surface area contributed by atoms with Gasteiger partial charge in [0.25, 0.3) is 0 Å². The summed E-state index contributed by atoms with van der Waals surface area (Å²) in [6.07, 6.45) is 5.50. The smallest absolute Gasteiger partial charge is 0.105 e. The van der Waals surface area contributed by atoms with Crippen LogP contribution >= 0.6 is 0 Å². The molecule has 0 radical (unpaired) electrons. The van der Waals surface area contributed by atoms with Gasteiger partial charge in [0, 0.05) is 29.4 Å². The first-order chi connectivity index (χ1) is 10.2. The number of aromatic nitrogens is 1. The molecule has 0 saturated heterocycles. The molecule has 112 valence electrons. The number of likely N-dealkylation sites (N-methyl/N-ethyl adjacent to an activating group) is 1. The van der Waals surface area contributed by atoms with E-state index < -0.39 is 0 Å². The Labute approximate surface area is 126 Å². The van der Waals surface area contributed by atoms with Crippen LogP contribution in [-0.2, 0) is 6.42 Å². The van der Waals surface area contributed by atoms with Crippen LogP contribution in [0.3, 0.4) is 0 Å². The van der Waals surface area contributed by atoms with Crippen molar-refractivity contribution in [2.75, 3.05) is 6.54 Å². The molecule has 21 heavy (non-hydrogen) atoms. The minimum atomic E-state index is 0.293. The zero-order chi connectivity index (χ0) is 14.8. The second-order valence-corrected chi connectivity index (χ2v) is 5.95. The molecule has 1 aliphatic carbocycles. The lowest BCUT2D eigenvalue weighted by atomic mass is 9.79. The summed E-state index contributed by atoms with van der Waals surface area (Å²) in [7, 11) is 0. The minimum Gasteiger partial charge on any atom is -0.466 e. The molecule has 2 aromatic heterocycles. The van der Waals surface area contributed by atoms with Gasteiger partial charge in [-0.2, -0.15) is 0 Å². The number of hydrogen-bond acceptors (Lipinski definition) is 3. The third kappa shape index (κ3) is 2.75. The molecular weight excluding hydrogens is 260 g/mol. The van der Waals surface area contributed by atoms with Gasteiger partial charge in [0.1, 0.15) is 11.5 Å². The third-order valence-electron chi connectivity index (χ3n) is 4.48. The largest absolute Gasteiger partial charge is 0.466 e. The molecule has 0 fully saturated rings.